The molecule has 0 aliphatic carbocycles. The summed E-state index contributed by atoms with van der Waals surface area (Å²) in [6, 6.07) is 0. The molecule has 0 spiro atoms. The maximum Gasteiger partial charge on any atom is 0.0158 e. The van der Waals surface area contributed by atoms with E-state index in [9.17, 15) is 0 Å². The zero-order chi connectivity index (χ0) is 19.2. The Morgan fingerprint density at radius 3 is 1.20 bits per heavy atom. The standard InChI is InChI=1S/C24H51N/c1-8-11-14-16-18-20-23(4,5)25(22-13-10-3)24(6,7)21-19-17-15-12-9-2/h8-22H2,1-7H3. The van der Waals surface area contributed by atoms with Gasteiger partial charge < -0.3 is 0 Å². The van der Waals surface area contributed by atoms with Crippen LogP contribution in [0, 0.1) is 0 Å². The maximum atomic E-state index is 2.86. The van der Waals surface area contributed by atoms with Gasteiger partial charge in [0.15, 0.2) is 0 Å². The van der Waals surface area contributed by atoms with Crippen LogP contribution in [0.15, 0.2) is 0 Å². The van der Waals surface area contributed by atoms with Gasteiger partial charge in [-0.3, -0.25) is 4.90 Å². The Morgan fingerprint density at radius 2 is 0.840 bits per heavy atom. The van der Waals surface area contributed by atoms with Crippen molar-refractivity contribution in [2.75, 3.05) is 6.54 Å². The third-order valence-electron chi connectivity index (χ3n) is 5.98. The van der Waals surface area contributed by atoms with Crippen LogP contribution in [-0.2, 0) is 0 Å². The normalized spacial score (nSPS) is 13.0. The van der Waals surface area contributed by atoms with Crippen LogP contribution in [0.3, 0.4) is 0 Å². The summed E-state index contributed by atoms with van der Waals surface area (Å²) in [5, 5.41) is 0. The molecule has 0 aromatic heterocycles. The molecule has 0 unspecified atom stereocenters. The minimum absolute atomic E-state index is 0.328. The largest absolute Gasteiger partial charge is 0.293 e. The number of hydrogen-bond acceptors (Lipinski definition) is 1. The second kappa shape index (κ2) is 14.1. The maximum absolute atomic E-state index is 2.86. The van der Waals surface area contributed by atoms with Gasteiger partial charge in [-0.15, -0.1) is 0 Å². The van der Waals surface area contributed by atoms with Gasteiger partial charge in [-0.2, -0.15) is 0 Å². The summed E-state index contributed by atoms with van der Waals surface area (Å²) in [6.07, 6.45) is 19.3. The molecule has 0 aromatic carbocycles. The minimum Gasteiger partial charge on any atom is -0.293 e. The van der Waals surface area contributed by atoms with Gasteiger partial charge in [0, 0.05) is 11.1 Å². The quantitative estimate of drug-likeness (QED) is 0.237. The molecule has 0 N–H and O–H groups in total. The van der Waals surface area contributed by atoms with E-state index in [0.29, 0.717) is 11.1 Å². The molecule has 0 amide bonds. The predicted octanol–water partition coefficient (Wildman–Crippen LogP) is 8.37. The van der Waals surface area contributed by atoms with Crippen LogP contribution in [-0.4, -0.2) is 22.5 Å². The average Bonchev–Trinajstić information content (AvgIpc) is 2.54. The minimum atomic E-state index is 0.328. The van der Waals surface area contributed by atoms with Crippen molar-refractivity contribution in [1.29, 1.82) is 0 Å². The highest BCUT2D eigenvalue weighted by Gasteiger charge is 2.36. The number of nitrogens with zero attached hydrogens (tertiary/aromatic N) is 1. The summed E-state index contributed by atoms with van der Waals surface area (Å²) >= 11 is 0. The van der Waals surface area contributed by atoms with Crippen LogP contribution in [0.1, 0.15) is 138 Å². The lowest BCUT2D eigenvalue weighted by atomic mass is 9.85. The summed E-state index contributed by atoms with van der Waals surface area (Å²) in [4.78, 5) is 2.86. The molecule has 1 nitrogen and oxygen atoms in total. The molecule has 0 radical (unpaired) electrons. The Balaban J connectivity index is 4.63. The zero-order valence-electron chi connectivity index (χ0n) is 19.1. The average molecular weight is 354 g/mol. The van der Waals surface area contributed by atoms with E-state index in [2.05, 4.69) is 53.4 Å². The van der Waals surface area contributed by atoms with Gasteiger partial charge in [-0.05, 0) is 53.5 Å². The highest BCUT2D eigenvalue weighted by Crippen LogP contribution is 2.33. The molecule has 25 heavy (non-hydrogen) atoms. The van der Waals surface area contributed by atoms with Crippen LogP contribution in [0.5, 0.6) is 0 Å². The summed E-state index contributed by atoms with van der Waals surface area (Å²) in [6.45, 7) is 18.2. The van der Waals surface area contributed by atoms with Gasteiger partial charge >= 0.3 is 0 Å². The van der Waals surface area contributed by atoms with Crippen molar-refractivity contribution in [1.82, 2.24) is 4.90 Å². The van der Waals surface area contributed by atoms with E-state index in [0.717, 1.165) is 0 Å². The van der Waals surface area contributed by atoms with Crippen molar-refractivity contribution in [3.05, 3.63) is 0 Å². The number of unbranched alkanes of at least 4 members (excludes halogenated alkanes) is 9. The molecule has 0 aliphatic heterocycles. The molecule has 0 fully saturated rings. The Kier molecular flexibility index (Phi) is 14.0. The van der Waals surface area contributed by atoms with Gasteiger partial charge in [0.2, 0.25) is 0 Å². The van der Waals surface area contributed by atoms with Crippen molar-refractivity contribution in [2.24, 2.45) is 0 Å². The Morgan fingerprint density at radius 1 is 0.480 bits per heavy atom. The first-order valence-electron chi connectivity index (χ1n) is 11.6. The third kappa shape index (κ3) is 11.3. The molecule has 0 saturated heterocycles. The lowest BCUT2D eigenvalue weighted by Crippen LogP contribution is -2.55. The Hall–Kier alpha value is -0.0400. The van der Waals surface area contributed by atoms with Crippen molar-refractivity contribution in [3.8, 4) is 0 Å². The second-order valence-electron chi connectivity index (χ2n) is 9.46. The molecule has 1 heteroatoms. The first-order chi connectivity index (χ1) is 11.8. The number of rotatable bonds is 17. The van der Waals surface area contributed by atoms with E-state index < -0.39 is 0 Å². The van der Waals surface area contributed by atoms with Crippen molar-refractivity contribution < 1.29 is 0 Å². The summed E-state index contributed by atoms with van der Waals surface area (Å²) in [7, 11) is 0. The van der Waals surface area contributed by atoms with Gasteiger partial charge in [-0.25, -0.2) is 0 Å². The van der Waals surface area contributed by atoms with Crippen LogP contribution < -0.4 is 0 Å². The van der Waals surface area contributed by atoms with Crippen LogP contribution >= 0.6 is 0 Å². The molecular formula is C24H51N. The van der Waals surface area contributed by atoms with Crippen molar-refractivity contribution >= 4 is 0 Å². The van der Waals surface area contributed by atoms with Crippen LogP contribution in [0.25, 0.3) is 0 Å². The van der Waals surface area contributed by atoms with Gasteiger partial charge in [-0.1, -0.05) is 91.4 Å². The molecule has 0 atom stereocenters. The first kappa shape index (κ1) is 25.0. The molecule has 0 aromatic rings. The number of hydrogen-bond donors (Lipinski definition) is 0. The van der Waals surface area contributed by atoms with Crippen LogP contribution in [0.2, 0.25) is 0 Å². The molecular weight excluding hydrogens is 302 g/mol. The predicted molar refractivity (Wildman–Crippen MR) is 117 cm³/mol. The first-order valence-corrected chi connectivity index (χ1v) is 11.6. The second-order valence-corrected chi connectivity index (χ2v) is 9.46. The summed E-state index contributed by atoms with van der Waals surface area (Å²) in [5.74, 6) is 0. The van der Waals surface area contributed by atoms with E-state index in [1.807, 2.05) is 0 Å². The molecule has 0 heterocycles. The van der Waals surface area contributed by atoms with Gasteiger partial charge in [0.1, 0.15) is 0 Å². The third-order valence-corrected chi connectivity index (χ3v) is 5.98. The Labute approximate surface area is 161 Å². The summed E-state index contributed by atoms with van der Waals surface area (Å²) in [5.41, 5.74) is 0.655. The van der Waals surface area contributed by atoms with E-state index in [1.54, 1.807) is 0 Å². The highest BCUT2D eigenvalue weighted by molar-refractivity contribution is 4.92. The smallest absolute Gasteiger partial charge is 0.0158 e. The fourth-order valence-corrected chi connectivity index (χ4v) is 4.33. The zero-order valence-corrected chi connectivity index (χ0v) is 19.1. The van der Waals surface area contributed by atoms with Gasteiger partial charge in [0.05, 0.1) is 0 Å². The fraction of sp³-hybridized carbons (Fsp3) is 1.00. The van der Waals surface area contributed by atoms with E-state index in [4.69, 9.17) is 0 Å². The molecule has 0 bridgehead atoms. The molecule has 152 valence electrons. The monoisotopic (exact) mass is 353 g/mol. The van der Waals surface area contributed by atoms with E-state index in [-0.39, 0.29) is 0 Å². The molecule has 0 rings (SSSR count). The topological polar surface area (TPSA) is 3.24 Å². The molecule has 0 saturated carbocycles. The lowest BCUT2D eigenvalue weighted by molar-refractivity contribution is 0.00192. The van der Waals surface area contributed by atoms with Crippen molar-refractivity contribution in [2.45, 2.75) is 149 Å². The highest BCUT2D eigenvalue weighted by atomic mass is 15.2. The summed E-state index contributed by atoms with van der Waals surface area (Å²) < 4.78 is 0. The van der Waals surface area contributed by atoms with Crippen LogP contribution in [0.4, 0.5) is 0 Å². The van der Waals surface area contributed by atoms with E-state index >= 15 is 0 Å². The van der Waals surface area contributed by atoms with E-state index in [1.165, 1.54) is 96.4 Å². The van der Waals surface area contributed by atoms with Gasteiger partial charge in [0.25, 0.3) is 0 Å². The lowest BCUT2D eigenvalue weighted by Gasteiger charge is -2.49. The molecule has 0 aliphatic rings. The van der Waals surface area contributed by atoms with Crippen molar-refractivity contribution in [3.63, 3.8) is 0 Å². The fourth-order valence-electron chi connectivity index (χ4n) is 4.33. The SMILES string of the molecule is CCCCCCCC(C)(C)N(CCCC)C(C)(C)CCCCCCC. The Bertz CT molecular complexity index is 266.